The number of carbonyl (C=O) groups excluding carboxylic acids is 2. The van der Waals surface area contributed by atoms with Gasteiger partial charge in [0.05, 0.1) is 13.2 Å². The van der Waals surface area contributed by atoms with Crippen LogP contribution in [0.3, 0.4) is 0 Å². The Kier molecular flexibility index (Phi) is 12.0. The molecule has 0 atom stereocenters. The number of carbonyl (C=O) groups is 2. The van der Waals surface area contributed by atoms with E-state index in [1.165, 1.54) is 0 Å². The van der Waals surface area contributed by atoms with Crippen molar-refractivity contribution in [1.82, 2.24) is 0 Å². The predicted octanol–water partition coefficient (Wildman–Crippen LogP) is 1.10. The molecule has 0 aromatic heterocycles. The molecule has 0 aliphatic heterocycles. The van der Waals surface area contributed by atoms with Gasteiger partial charge in [0.1, 0.15) is 13.2 Å². The van der Waals surface area contributed by atoms with Gasteiger partial charge < -0.3 is 14.2 Å². The van der Waals surface area contributed by atoms with E-state index in [2.05, 4.69) is 22.6 Å². The second-order valence-corrected chi connectivity index (χ2v) is 2.36. The van der Waals surface area contributed by atoms with Gasteiger partial charge in [0, 0.05) is 12.2 Å². The van der Waals surface area contributed by atoms with Crippen LogP contribution >= 0.6 is 0 Å². The van der Waals surface area contributed by atoms with E-state index in [1.807, 2.05) is 0 Å². The topological polar surface area (TPSA) is 61.8 Å². The van der Waals surface area contributed by atoms with Crippen molar-refractivity contribution in [1.29, 1.82) is 0 Å². The highest BCUT2D eigenvalue weighted by atomic mass is 16.6. The van der Waals surface area contributed by atoms with E-state index in [0.717, 1.165) is 12.2 Å². The molecule has 16 heavy (non-hydrogen) atoms. The Morgan fingerprint density at radius 1 is 0.875 bits per heavy atom. The minimum Gasteiger partial charge on any atom is -0.460 e. The van der Waals surface area contributed by atoms with E-state index in [9.17, 15) is 9.59 Å². The summed E-state index contributed by atoms with van der Waals surface area (Å²) in [6.07, 6.45) is 2.15. The summed E-state index contributed by atoms with van der Waals surface area (Å²) >= 11 is 0. The van der Waals surface area contributed by atoms with Crippen LogP contribution in [0.15, 0.2) is 25.3 Å². The molecule has 0 N–H and O–H groups in total. The van der Waals surface area contributed by atoms with E-state index in [-0.39, 0.29) is 33.9 Å². The van der Waals surface area contributed by atoms with Crippen molar-refractivity contribution in [2.75, 3.05) is 26.4 Å². The summed E-state index contributed by atoms with van der Waals surface area (Å²) in [5.41, 5.74) is 0. The molecular formula is C11H18O5. The third-order valence-electron chi connectivity index (χ3n) is 1.28. The van der Waals surface area contributed by atoms with Crippen molar-refractivity contribution in [2.24, 2.45) is 0 Å². The summed E-state index contributed by atoms with van der Waals surface area (Å²) in [6.45, 7) is 7.29. The molecule has 0 heterocycles. The fraction of sp³-hybridized carbons (Fsp3) is 0.455. The fourth-order valence-electron chi connectivity index (χ4n) is 0.622. The molecule has 92 valence electrons. The summed E-state index contributed by atoms with van der Waals surface area (Å²) in [7, 11) is 0. The number of esters is 2. The fourth-order valence-corrected chi connectivity index (χ4v) is 0.622. The van der Waals surface area contributed by atoms with Crippen LogP contribution in [0.1, 0.15) is 7.43 Å². The highest BCUT2D eigenvalue weighted by Gasteiger charge is 1.96. The second kappa shape index (κ2) is 11.5. The first-order valence-electron chi connectivity index (χ1n) is 4.37. The highest BCUT2D eigenvalue weighted by Crippen LogP contribution is 1.83. The summed E-state index contributed by atoms with van der Waals surface area (Å²) in [6, 6.07) is 0. The van der Waals surface area contributed by atoms with Gasteiger partial charge in [-0.3, -0.25) is 0 Å². The number of ether oxygens (including phenoxy) is 3. The maximum Gasteiger partial charge on any atom is 0.330 e. The van der Waals surface area contributed by atoms with E-state index in [0.29, 0.717) is 0 Å². The Labute approximate surface area is 95.7 Å². The van der Waals surface area contributed by atoms with Crippen LogP contribution in [0.25, 0.3) is 0 Å². The van der Waals surface area contributed by atoms with Gasteiger partial charge in [0.15, 0.2) is 0 Å². The zero-order valence-corrected chi connectivity index (χ0v) is 8.44. The average Bonchev–Trinajstić information content (AvgIpc) is 2.26. The lowest BCUT2D eigenvalue weighted by molar-refractivity contribution is -0.140. The second-order valence-electron chi connectivity index (χ2n) is 2.36. The van der Waals surface area contributed by atoms with Gasteiger partial charge in [-0.15, -0.1) is 0 Å². The monoisotopic (exact) mass is 230 g/mol. The smallest absolute Gasteiger partial charge is 0.330 e. The van der Waals surface area contributed by atoms with Crippen molar-refractivity contribution in [3.05, 3.63) is 25.3 Å². The molecule has 0 saturated carbocycles. The van der Waals surface area contributed by atoms with Gasteiger partial charge in [0.2, 0.25) is 0 Å². The van der Waals surface area contributed by atoms with Crippen LogP contribution in [-0.2, 0) is 23.8 Å². The first-order valence-corrected chi connectivity index (χ1v) is 4.37. The molecule has 0 rings (SSSR count). The average molecular weight is 230 g/mol. The van der Waals surface area contributed by atoms with Crippen LogP contribution in [0.4, 0.5) is 0 Å². The van der Waals surface area contributed by atoms with Gasteiger partial charge in [-0.05, 0) is 0 Å². The number of rotatable bonds is 8. The van der Waals surface area contributed by atoms with Crippen molar-refractivity contribution in [3.8, 4) is 0 Å². The largest absolute Gasteiger partial charge is 0.460 e. The van der Waals surface area contributed by atoms with Gasteiger partial charge in [-0.1, -0.05) is 20.6 Å². The maximum absolute atomic E-state index is 10.6. The summed E-state index contributed by atoms with van der Waals surface area (Å²) < 4.78 is 14.3. The zero-order chi connectivity index (χ0) is 11.5. The first-order chi connectivity index (χ1) is 7.20. The van der Waals surface area contributed by atoms with Crippen molar-refractivity contribution in [3.63, 3.8) is 0 Å². The Hall–Kier alpha value is -1.62. The van der Waals surface area contributed by atoms with Crippen LogP contribution in [-0.4, -0.2) is 38.4 Å². The highest BCUT2D eigenvalue weighted by molar-refractivity contribution is 5.81. The minimum atomic E-state index is -0.489. The van der Waals surface area contributed by atoms with Crippen molar-refractivity contribution in [2.45, 2.75) is 7.43 Å². The lowest BCUT2D eigenvalue weighted by Gasteiger charge is -2.04. The molecule has 5 nitrogen and oxygen atoms in total. The van der Waals surface area contributed by atoms with E-state index >= 15 is 0 Å². The molecule has 0 fully saturated rings. The van der Waals surface area contributed by atoms with Crippen LogP contribution in [0.2, 0.25) is 0 Å². The van der Waals surface area contributed by atoms with Crippen molar-refractivity contribution < 1.29 is 23.8 Å². The minimum absolute atomic E-state index is 0. The zero-order valence-electron chi connectivity index (χ0n) is 8.44. The molecule has 0 unspecified atom stereocenters. The third-order valence-corrected chi connectivity index (χ3v) is 1.28. The summed E-state index contributed by atoms with van der Waals surface area (Å²) in [5, 5.41) is 0. The maximum atomic E-state index is 10.6. The molecule has 0 saturated heterocycles. The molecule has 0 radical (unpaired) electrons. The molecule has 0 aromatic rings. The van der Waals surface area contributed by atoms with E-state index in [4.69, 9.17) is 4.74 Å². The number of hydrogen-bond acceptors (Lipinski definition) is 5. The molecule has 0 bridgehead atoms. The van der Waals surface area contributed by atoms with Crippen molar-refractivity contribution >= 4 is 11.9 Å². The van der Waals surface area contributed by atoms with Gasteiger partial charge in [-0.2, -0.15) is 0 Å². The Morgan fingerprint density at radius 3 is 1.56 bits per heavy atom. The lowest BCUT2D eigenvalue weighted by atomic mass is 10.6. The lowest BCUT2D eigenvalue weighted by Crippen LogP contribution is -2.12. The molecule has 5 heteroatoms. The molecule has 0 aliphatic rings. The molecular weight excluding hydrogens is 212 g/mol. The van der Waals surface area contributed by atoms with Gasteiger partial charge in [-0.25, -0.2) is 9.59 Å². The quantitative estimate of drug-likeness (QED) is 0.355. The van der Waals surface area contributed by atoms with Crippen LogP contribution in [0, 0.1) is 0 Å². The van der Waals surface area contributed by atoms with Gasteiger partial charge in [0.25, 0.3) is 0 Å². The third kappa shape index (κ3) is 10.5. The van der Waals surface area contributed by atoms with E-state index < -0.39 is 11.9 Å². The summed E-state index contributed by atoms with van der Waals surface area (Å²) in [5.74, 6) is -0.978. The van der Waals surface area contributed by atoms with Crippen LogP contribution < -0.4 is 0 Å². The first kappa shape index (κ1) is 16.8. The Balaban J connectivity index is 0. The normalized spacial score (nSPS) is 8.50. The van der Waals surface area contributed by atoms with E-state index in [1.54, 1.807) is 0 Å². The standard InChI is InChI=1S/C10H14O5.CH4/c1-3-9(11)14-7-5-13-6-8-15-10(12)4-2;/h3-4H,1-2,5-8H2;1H4. The summed E-state index contributed by atoms with van der Waals surface area (Å²) in [4.78, 5) is 21.1. The Bertz CT molecular complexity index is 211. The number of hydrogen-bond donors (Lipinski definition) is 0. The van der Waals surface area contributed by atoms with Crippen LogP contribution in [0.5, 0.6) is 0 Å². The molecule has 0 aliphatic carbocycles. The SMILES string of the molecule is C.C=CC(=O)OCCOCCOC(=O)C=C. The van der Waals surface area contributed by atoms with Gasteiger partial charge >= 0.3 is 11.9 Å². The Morgan fingerprint density at radius 2 is 1.25 bits per heavy atom. The molecule has 0 aromatic carbocycles. The predicted molar refractivity (Wildman–Crippen MR) is 59.9 cm³/mol. The molecule has 0 spiro atoms. The molecule has 0 amide bonds.